The van der Waals surface area contributed by atoms with Gasteiger partial charge in [-0.1, -0.05) is 12.1 Å². The van der Waals surface area contributed by atoms with Crippen molar-refractivity contribution in [3.8, 4) is 0 Å². The van der Waals surface area contributed by atoms with Crippen molar-refractivity contribution >= 4 is 17.8 Å². The molecule has 1 fully saturated rings. The highest BCUT2D eigenvalue weighted by Gasteiger charge is 2.21. The Hall–Kier alpha value is -3.20. The minimum atomic E-state index is -0.0488. The van der Waals surface area contributed by atoms with Gasteiger partial charge in [0, 0.05) is 70.8 Å². The second-order valence-corrected chi connectivity index (χ2v) is 7.68. The summed E-state index contributed by atoms with van der Waals surface area (Å²) in [5, 5.41) is 6.38. The minimum Gasteiger partial charge on any atom is -0.352 e. The Balaban J connectivity index is 1.50. The number of benzene rings is 1. The van der Waals surface area contributed by atoms with Gasteiger partial charge in [0.05, 0.1) is 0 Å². The molecule has 0 unspecified atom stereocenters. The zero-order chi connectivity index (χ0) is 22.1. The van der Waals surface area contributed by atoms with Crippen LogP contribution in [0.5, 0.6) is 0 Å². The topological polar surface area (TPSA) is 89.0 Å². The molecular formula is C22H32N8O. The van der Waals surface area contributed by atoms with Crippen molar-refractivity contribution in [1.82, 2.24) is 30.4 Å². The van der Waals surface area contributed by atoms with Gasteiger partial charge in [-0.15, -0.1) is 0 Å². The van der Waals surface area contributed by atoms with E-state index in [9.17, 15) is 4.79 Å². The highest BCUT2D eigenvalue weighted by Crippen LogP contribution is 2.10. The number of rotatable bonds is 7. The molecule has 2 heterocycles. The van der Waals surface area contributed by atoms with E-state index in [2.05, 4.69) is 35.4 Å². The van der Waals surface area contributed by atoms with Crippen molar-refractivity contribution in [1.29, 1.82) is 0 Å². The van der Waals surface area contributed by atoms with E-state index in [0.29, 0.717) is 18.7 Å². The second kappa shape index (κ2) is 11.3. The molecule has 1 aliphatic heterocycles. The van der Waals surface area contributed by atoms with Crippen LogP contribution in [0.15, 0.2) is 47.7 Å². The smallest absolute Gasteiger partial charge is 0.251 e. The van der Waals surface area contributed by atoms with Crippen LogP contribution in [0.4, 0.5) is 5.95 Å². The van der Waals surface area contributed by atoms with E-state index in [4.69, 9.17) is 0 Å². The lowest BCUT2D eigenvalue weighted by molar-refractivity contribution is 0.0951. The average molecular weight is 425 g/mol. The van der Waals surface area contributed by atoms with E-state index >= 15 is 0 Å². The van der Waals surface area contributed by atoms with Gasteiger partial charge in [0.15, 0.2) is 5.96 Å². The third kappa shape index (κ3) is 6.65. The van der Waals surface area contributed by atoms with Gasteiger partial charge in [-0.05, 0) is 37.9 Å². The van der Waals surface area contributed by atoms with Crippen LogP contribution in [-0.4, -0.2) is 92.0 Å². The largest absolute Gasteiger partial charge is 0.352 e. The number of carbonyl (C=O) groups excluding carboxylic acids is 1. The van der Waals surface area contributed by atoms with Gasteiger partial charge in [-0.2, -0.15) is 0 Å². The van der Waals surface area contributed by atoms with E-state index in [1.54, 1.807) is 19.4 Å². The van der Waals surface area contributed by atoms with E-state index in [-0.39, 0.29) is 5.91 Å². The summed E-state index contributed by atoms with van der Waals surface area (Å²) in [6.07, 6.45) is 3.54. The molecule has 0 radical (unpaired) electrons. The molecule has 0 atom stereocenters. The Bertz CT molecular complexity index is 863. The van der Waals surface area contributed by atoms with Gasteiger partial charge < -0.3 is 25.3 Å². The minimum absolute atomic E-state index is 0.0488. The lowest BCUT2D eigenvalue weighted by Crippen LogP contribution is -2.52. The predicted molar refractivity (Wildman–Crippen MR) is 123 cm³/mol. The Morgan fingerprint density at radius 3 is 2.52 bits per heavy atom. The highest BCUT2D eigenvalue weighted by atomic mass is 16.1. The van der Waals surface area contributed by atoms with E-state index in [0.717, 1.165) is 50.2 Å². The van der Waals surface area contributed by atoms with Crippen molar-refractivity contribution in [2.45, 2.75) is 6.54 Å². The molecule has 3 rings (SSSR count). The lowest BCUT2D eigenvalue weighted by Gasteiger charge is -2.36. The molecule has 1 aliphatic rings. The van der Waals surface area contributed by atoms with Crippen LogP contribution < -0.4 is 15.5 Å². The number of carbonyl (C=O) groups is 1. The molecule has 0 bridgehead atoms. The fraction of sp³-hybridized carbons (Fsp3) is 0.455. The zero-order valence-corrected chi connectivity index (χ0v) is 18.6. The molecule has 1 aromatic carbocycles. The van der Waals surface area contributed by atoms with Crippen LogP contribution in [0.2, 0.25) is 0 Å². The number of aromatic nitrogens is 2. The van der Waals surface area contributed by atoms with E-state index in [1.807, 2.05) is 49.3 Å². The number of likely N-dealkylation sites (N-methyl/N-ethyl adjacent to an activating group) is 1. The summed E-state index contributed by atoms with van der Waals surface area (Å²) < 4.78 is 0. The van der Waals surface area contributed by atoms with Gasteiger partial charge in [0.2, 0.25) is 5.95 Å². The number of anilines is 1. The fourth-order valence-corrected chi connectivity index (χ4v) is 3.40. The molecule has 166 valence electrons. The van der Waals surface area contributed by atoms with Gasteiger partial charge in [0.25, 0.3) is 5.91 Å². The molecule has 2 N–H and O–H groups in total. The van der Waals surface area contributed by atoms with E-state index < -0.39 is 0 Å². The molecule has 9 heteroatoms. The number of amides is 1. The van der Waals surface area contributed by atoms with Crippen molar-refractivity contribution in [2.24, 2.45) is 4.99 Å². The number of piperazine rings is 1. The van der Waals surface area contributed by atoms with Crippen LogP contribution in [-0.2, 0) is 6.54 Å². The molecule has 9 nitrogen and oxygen atoms in total. The molecule has 0 saturated carbocycles. The van der Waals surface area contributed by atoms with E-state index in [1.165, 1.54) is 0 Å². The summed E-state index contributed by atoms with van der Waals surface area (Å²) in [6.45, 7) is 5.40. The Morgan fingerprint density at radius 2 is 1.84 bits per heavy atom. The van der Waals surface area contributed by atoms with Crippen LogP contribution in [0, 0.1) is 0 Å². The molecule has 1 aromatic heterocycles. The molecule has 0 aliphatic carbocycles. The SMILES string of the molecule is CN=C(NCc1cccc(C(=O)NCCN(C)C)c1)N1CCN(c2ncccn2)CC1. The van der Waals surface area contributed by atoms with Crippen LogP contribution in [0.3, 0.4) is 0 Å². The van der Waals surface area contributed by atoms with Gasteiger partial charge in [0.1, 0.15) is 0 Å². The third-order valence-corrected chi connectivity index (χ3v) is 5.11. The maximum absolute atomic E-state index is 12.4. The molecular weight excluding hydrogens is 392 g/mol. The first kappa shape index (κ1) is 22.5. The predicted octanol–water partition coefficient (Wildman–Crippen LogP) is 0.666. The lowest BCUT2D eigenvalue weighted by atomic mass is 10.1. The Labute approximate surface area is 184 Å². The number of guanidine groups is 1. The highest BCUT2D eigenvalue weighted by molar-refractivity contribution is 5.94. The number of nitrogens with one attached hydrogen (secondary N) is 2. The number of hydrogen-bond acceptors (Lipinski definition) is 6. The third-order valence-electron chi connectivity index (χ3n) is 5.11. The first-order valence-corrected chi connectivity index (χ1v) is 10.6. The maximum atomic E-state index is 12.4. The van der Waals surface area contributed by atoms with Gasteiger partial charge >= 0.3 is 0 Å². The van der Waals surface area contributed by atoms with Gasteiger partial charge in [-0.25, -0.2) is 9.97 Å². The molecule has 0 spiro atoms. The summed E-state index contributed by atoms with van der Waals surface area (Å²) in [5.74, 6) is 1.58. The van der Waals surface area contributed by atoms with Crippen LogP contribution in [0.1, 0.15) is 15.9 Å². The summed E-state index contributed by atoms with van der Waals surface area (Å²) in [6, 6.07) is 9.53. The first-order valence-electron chi connectivity index (χ1n) is 10.6. The Morgan fingerprint density at radius 1 is 1.10 bits per heavy atom. The number of nitrogens with zero attached hydrogens (tertiary/aromatic N) is 6. The normalized spacial score (nSPS) is 14.6. The number of hydrogen-bond donors (Lipinski definition) is 2. The van der Waals surface area contributed by atoms with Crippen molar-refractivity contribution in [2.75, 3.05) is 65.3 Å². The molecule has 1 amide bonds. The number of aliphatic imine (C=N–C) groups is 1. The summed E-state index contributed by atoms with van der Waals surface area (Å²) in [7, 11) is 5.77. The quantitative estimate of drug-likeness (QED) is 0.499. The van der Waals surface area contributed by atoms with Crippen molar-refractivity contribution in [3.63, 3.8) is 0 Å². The van der Waals surface area contributed by atoms with Crippen molar-refractivity contribution < 1.29 is 4.79 Å². The van der Waals surface area contributed by atoms with Crippen LogP contribution >= 0.6 is 0 Å². The molecule has 2 aromatic rings. The second-order valence-electron chi connectivity index (χ2n) is 7.68. The first-order chi connectivity index (χ1) is 15.1. The summed E-state index contributed by atoms with van der Waals surface area (Å²) in [5.41, 5.74) is 1.71. The zero-order valence-electron chi connectivity index (χ0n) is 18.6. The average Bonchev–Trinajstić information content (AvgIpc) is 2.80. The monoisotopic (exact) mass is 424 g/mol. The maximum Gasteiger partial charge on any atom is 0.251 e. The summed E-state index contributed by atoms with van der Waals surface area (Å²) in [4.78, 5) is 31.9. The fourth-order valence-electron chi connectivity index (χ4n) is 3.40. The molecule has 31 heavy (non-hydrogen) atoms. The molecule has 1 saturated heterocycles. The standard InChI is InChI=1S/C22H32N8O/c1-23-21(29-12-14-30(15-13-29)22-25-8-5-9-26-22)27-17-18-6-4-7-19(16-18)20(31)24-10-11-28(2)3/h4-9,16H,10-15,17H2,1-3H3,(H,23,27)(H,24,31). The summed E-state index contributed by atoms with van der Waals surface area (Å²) >= 11 is 0. The van der Waals surface area contributed by atoms with Crippen molar-refractivity contribution in [3.05, 3.63) is 53.9 Å². The van der Waals surface area contributed by atoms with Crippen LogP contribution in [0.25, 0.3) is 0 Å². The Kier molecular flexibility index (Phi) is 8.17. The van der Waals surface area contributed by atoms with Gasteiger partial charge in [-0.3, -0.25) is 9.79 Å².